The largest absolute Gasteiger partial charge is 0.475 e. The summed E-state index contributed by atoms with van der Waals surface area (Å²) in [5, 5.41) is 8.89. The van der Waals surface area contributed by atoms with Crippen molar-refractivity contribution >= 4 is 17.7 Å². The number of hydrogen-bond acceptors (Lipinski definition) is 4. The van der Waals surface area contributed by atoms with E-state index in [1.807, 2.05) is 11.8 Å². The van der Waals surface area contributed by atoms with E-state index in [0.717, 1.165) is 31.0 Å². The van der Waals surface area contributed by atoms with Crippen molar-refractivity contribution in [2.45, 2.75) is 38.0 Å². The SMILES string of the molecule is CC(c1ccc(C(=O)O)o1)N1CCSC(C)(C)CC1. The first-order chi connectivity index (χ1) is 8.89. The molecule has 0 bridgehead atoms. The molecule has 0 radical (unpaired) electrons. The van der Waals surface area contributed by atoms with Crippen LogP contribution in [0.25, 0.3) is 0 Å². The first kappa shape index (κ1) is 14.5. The van der Waals surface area contributed by atoms with Crippen LogP contribution >= 0.6 is 11.8 Å². The van der Waals surface area contributed by atoms with E-state index in [4.69, 9.17) is 9.52 Å². The molecule has 4 nitrogen and oxygen atoms in total. The average Bonchev–Trinajstić information content (AvgIpc) is 2.75. The third-order valence-electron chi connectivity index (χ3n) is 3.67. The van der Waals surface area contributed by atoms with Crippen molar-refractivity contribution in [2.24, 2.45) is 0 Å². The lowest BCUT2D eigenvalue weighted by Gasteiger charge is -2.26. The molecule has 1 aromatic heterocycles. The van der Waals surface area contributed by atoms with Gasteiger partial charge in [0.2, 0.25) is 5.76 Å². The Kier molecular flexibility index (Phi) is 4.26. The highest BCUT2D eigenvalue weighted by Crippen LogP contribution is 2.33. The second-order valence-electron chi connectivity index (χ2n) is 5.58. The van der Waals surface area contributed by atoms with Crippen LogP contribution in [0.4, 0.5) is 0 Å². The number of nitrogens with zero attached hydrogens (tertiary/aromatic N) is 1. The normalized spacial score (nSPS) is 21.8. The van der Waals surface area contributed by atoms with Crippen molar-refractivity contribution in [3.05, 3.63) is 23.7 Å². The van der Waals surface area contributed by atoms with Crippen LogP contribution in [0.1, 0.15) is 49.5 Å². The minimum atomic E-state index is -1.01. The quantitative estimate of drug-likeness (QED) is 0.922. The lowest BCUT2D eigenvalue weighted by molar-refractivity contribution is 0.0656. The fourth-order valence-corrected chi connectivity index (χ4v) is 3.41. The molecular weight excluding hydrogens is 262 g/mol. The zero-order valence-electron chi connectivity index (χ0n) is 11.7. The Labute approximate surface area is 118 Å². The van der Waals surface area contributed by atoms with E-state index >= 15 is 0 Å². The Bertz CT molecular complexity index is 455. The highest BCUT2D eigenvalue weighted by atomic mass is 32.2. The average molecular weight is 283 g/mol. The fourth-order valence-electron chi connectivity index (χ4n) is 2.30. The van der Waals surface area contributed by atoms with E-state index in [1.165, 1.54) is 6.07 Å². The maximum atomic E-state index is 10.8. The Balaban J connectivity index is 2.06. The molecule has 1 saturated heterocycles. The summed E-state index contributed by atoms with van der Waals surface area (Å²) >= 11 is 2.00. The van der Waals surface area contributed by atoms with Crippen molar-refractivity contribution in [3.8, 4) is 0 Å². The number of aromatic carboxylic acids is 1. The summed E-state index contributed by atoms with van der Waals surface area (Å²) in [5.74, 6) is 0.851. The monoisotopic (exact) mass is 283 g/mol. The smallest absolute Gasteiger partial charge is 0.371 e. The first-order valence-electron chi connectivity index (χ1n) is 6.60. The molecule has 0 aromatic carbocycles. The molecule has 1 fully saturated rings. The Morgan fingerprint density at radius 2 is 2.21 bits per heavy atom. The van der Waals surface area contributed by atoms with Gasteiger partial charge in [0.15, 0.2) is 0 Å². The second-order valence-corrected chi connectivity index (χ2v) is 7.38. The summed E-state index contributed by atoms with van der Waals surface area (Å²) < 4.78 is 5.73. The van der Waals surface area contributed by atoms with Gasteiger partial charge in [-0.05, 0) is 25.5 Å². The molecule has 2 rings (SSSR count). The van der Waals surface area contributed by atoms with Crippen LogP contribution < -0.4 is 0 Å². The van der Waals surface area contributed by atoms with Gasteiger partial charge < -0.3 is 9.52 Å². The van der Waals surface area contributed by atoms with Crippen LogP contribution in [-0.2, 0) is 0 Å². The molecule has 1 aliphatic rings. The molecule has 2 heterocycles. The third kappa shape index (κ3) is 3.54. The predicted octanol–water partition coefficient (Wildman–Crippen LogP) is 3.26. The van der Waals surface area contributed by atoms with Crippen LogP contribution in [0.15, 0.2) is 16.5 Å². The molecule has 1 aliphatic heterocycles. The zero-order chi connectivity index (χ0) is 14.0. The summed E-state index contributed by atoms with van der Waals surface area (Å²) in [7, 11) is 0. The number of rotatable bonds is 3. The molecule has 1 N–H and O–H groups in total. The van der Waals surface area contributed by atoms with Gasteiger partial charge in [-0.3, -0.25) is 4.90 Å². The van der Waals surface area contributed by atoms with Crippen molar-refractivity contribution in [1.82, 2.24) is 4.90 Å². The topological polar surface area (TPSA) is 53.7 Å². The lowest BCUT2D eigenvalue weighted by atomic mass is 10.1. The highest BCUT2D eigenvalue weighted by molar-refractivity contribution is 8.00. The molecular formula is C14H21NO3S. The van der Waals surface area contributed by atoms with Crippen LogP contribution in [0, 0.1) is 0 Å². The molecule has 1 unspecified atom stereocenters. The van der Waals surface area contributed by atoms with Gasteiger partial charge in [-0.15, -0.1) is 0 Å². The minimum absolute atomic E-state index is 0.0198. The van der Waals surface area contributed by atoms with Crippen molar-refractivity contribution in [1.29, 1.82) is 0 Å². The molecule has 0 spiro atoms. The van der Waals surface area contributed by atoms with Gasteiger partial charge in [-0.25, -0.2) is 4.79 Å². The summed E-state index contributed by atoms with van der Waals surface area (Å²) in [6.45, 7) is 8.67. The lowest BCUT2D eigenvalue weighted by Crippen LogP contribution is -2.29. The van der Waals surface area contributed by atoms with Crippen LogP contribution in [-0.4, -0.2) is 39.6 Å². The van der Waals surface area contributed by atoms with Crippen molar-refractivity contribution in [3.63, 3.8) is 0 Å². The predicted molar refractivity (Wildman–Crippen MR) is 76.8 cm³/mol. The number of furan rings is 1. The number of carboxylic acids is 1. The van der Waals surface area contributed by atoms with Gasteiger partial charge in [0.25, 0.3) is 0 Å². The molecule has 106 valence electrons. The van der Waals surface area contributed by atoms with Gasteiger partial charge >= 0.3 is 5.97 Å². The van der Waals surface area contributed by atoms with Crippen molar-refractivity contribution in [2.75, 3.05) is 18.8 Å². The van der Waals surface area contributed by atoms with E-state index in [1.54, 1.807) is 6.07 Å². The van der Waals surface area contributed by atoms with Crippen LogP contribution in [0.5, 0.6) is 0 Å². The van der Waals surface area contributed by atoms with Gasteiger partial charge in [0.1, 0.15) is 5.76 Å². The summed E-state index contributed by atoms with van der Waals surface area (Å²) in [6, 6.07) is 3.43. The Hall–Kier alpha value is -0.940. The highest BCUT2D eigenvalue weighted by Gasteiger charge is 2.27. The Morgan fingerprint density at radius 3 is 2.84 bits per heavy atom. The standard InChI is InChI=1S/C14H21NO3S/c1-10(11-4-5-12(18-11)13(16)17)15-7-6-14(2,3)19-9-8-15/h4-5,10H,6-9H2,1-3H3,(H,16,17). The van der Waals surface area contributed by atoms with Gasteiger partial charge in [-0.1, -0.05) is 13.8 Å². The number of thioether (sulfide) groups is 1. The van der Waals surface area contributed by atoms with Crippen LogP contribution in [0.3, 0.4) is 0 Å². The molecule has 0 aliphatic carbocycles. The van der Waals surface area contributed by atoms with E-state index in [0.29, 0.717) is 4.75 Å². The fraction of sp³-hybridized carbons (Fsp3) is 0.643. The number of hydrogen-bond donors (Lipinski definition) is 1. The van der Waals surface area contributed by atoms with Crippen LogP contribution in [0.2, 0.25) is 0 Å². The number of carbonyl (C=O) groups is 1. The summed E-state index contributed by atoms with van der Waals surface area (Å²) in [6.07, 6.45) is 1.13. The van der Waals surface area contributed by atoms with Gasteiger partial charge in [0.05, 0.1) is 6.04 Å². The minimum Gasteiger partial charge on any atom is -0.475 e. The van der Waals surface area contributed by atoms with E-state index < -0.39 is 5.97 Å². The maximum absolute atomic E-state index is 10.8. The maximum Gasteiger partial charge on any atom is 0.371 e. The zero-order valence-corrected chi connectivity index (χ0v) is 12.5. The summed E-state index contributed by atoms with van der Waals surface area (Å²) in [4.78, 5) is 13.2. The van der Waals surface area contributed by atoms with E-state index in [2.05, 4.69) is 25.7 Å². The van der Waals surface area contributed by atoms with Gasteiger partial charge in [0, 0.05) is 23.6 Å². The third-order valence-corrected chi connectivity index (χ3v) is 5.04. The Morgan fingerprint density at radius 1 is 1.47 bits per heavy atom. The van der Waals surface area contributed by atoms with Gasteiger partial charge in [-0.2, -0.15) is 11.8 Å². The first-order valence-corrected chi connectivity index (χ1v) is 7.59. The molecule has 0 amide bonds. The molecule has 5 heteroatoms. The molecule has 1 aromatic rings. The number of carboxylic acid groups (broad SMARTS) is 1. The molecule has 0 saturated carbocycles. The summed E-state index contributed by atoms with van der Waals surface area (Å²) in [5.41, 5.74) is 0. The molecule has 19 heavy (non-hydrogen) atoms. The van der Waals surface area contributed by atoms with E-state index in [9.17, 15) is 4.79 Å². The van der Waals surface area contributed by atoms with E-state index in [-0.39, 0.29) is 11.8 Å². The second kappa shape index (κ2) is 5.59. The molecule has 1 atom stereocenters. The van der Waals surface area contributed by atoms with Crippen molar-refractivity contribution < 1.29 is 14.3 Å².